The molecule has 26 heavy (non-hydrogen) atoms. The zero-order valence-corrected chi connectivity index (χ0v) is 14.5. The highest BCUT2D eigenvalue weighted by Gasteiger charge is 2.11. The van der Waals surface area contributed by atoms with Gasteiger partial charge < -0.3 is 5.32 Å². The van der Waals surface area contributed by atoms with Crippen LogP contribution in [0.4, 0.5) is 5.69 Å². The molecule has 0 spiro atoms. The molecule has 0 aliphatic heterocycles. The summed E-state index contributed by atoms with van der Waals surface area (Å²) < 4.78 is 1.47. The van der Waals surface area contributed by atoms with E-state index in [9.17, 15) is 4.79 Å². The van der Waals surface area contributed by atoms with Gasteiger partial charge in [-0.25, -0.2) is 14.6 Å². The van der Waals surface area contributed by atoms with E-state index >= 15 is 0 Å². The van der Waals surface area contributed by atoms with Gasteiger partial charge in [-0.15, -0.1) is 21.5 Å². The normalized spacial score (nSPS) is 10.7. The van der Waals surface area contributed by atoms with Crippen molar-refractivity contribution in [3.05, 3.63) is 65.1 Å². The molecule has 3 aromatic heterocycles. The predicted molar refractivity (Wildman–Crippen MR) is 97.2 cm³/mol. The minimum Gasteiger partial charge on any atom is -0.321 e. The highest BCUT2D eigenvalue weighted by atomic mass is 32.1. The van der Waals surface area contributed by atoms with E-state index < -0.39 is 0 Å². The van der Waals surface area contributed by atoms with E-state index in [0.29, 0.717) is 11.5 Å². The van der Waals surface area contributed by atoms with E-state index in [2.05, 4.69) is 30.6 Å². The van der Waals surface area contributed by atoms with Crippen LogP contribution in [0.1, 0.15) is 15.5 Å². The van der Waals surface area contributed by atoms with Crippen molar-refractivity contribution in [3.63, 3.8) is 0 Å². The van der Waals surface area contributed by atoms with Crippen LogP contribution in [0.3, 0.4) is 0 Å². The summed E-state index contributed by atoms with van der Waals surface area (Å²) in [6.07, 6.45) is 2.91. The number of anilines is 1. The van der Waals surface area contributed by atoms with Crippen LogP contribution >= 0.6 is 11.3 Å². The Labute approximate surface area is 152 Å². The van der Waals surface area contributed by atoms with Crippen LogP contribution in [-0.4, -0.2) is 35.9 Å². The Bertz CT molecular complexity index is 1040. The molecule has 3 heterocycles. The fraction of sp³-hybridized carbons (Fsp3) is 0.0588. The van der Waals surface area contributed by atoms with E-state index in [1.807, 2.05) is 36.6 Å². The molecule has 128 valence electrons. The van der Waals surface area contributed by atoms with Gasteiger partial charge in [0.25, 0.3) is 5.91 Å². The van der Waals surface area contributed by atoms with Gasteiger partial charge in [0, 0.05) is 16.6 Å². The Balaban J connectivity index is 1.51. The third kappa shape index (κ3) is 3.33. The first kappa shape index (κ1) is 16.0. The van der Waals surface area contributed by atoms with Crippen molar-refractivity contribution >= 4 is 22.9 Å². The number of amides is 1. The molecular weight excluding hydrogens is 350 g/mol. The summed E-state index contributed by atoms with van der Waals surface area (Å²) >= 11 is 1.59. The fourth-order valence-corrected chi connectivity index (χ4v) is 2.96. The minimum absolute atomic E-state index is 0.212. The molecule has 0 atom stereocenters. The first-order valence-corrected chi connectivity index (χ1v) is 8.60. The molecule has 0 bridgehead atoms. The summed E-state index contributed by atoms with van der Waals surface area (Å²) in [6, 6.07) is 10.8. The van der Waals surface area contributed by atoms with Crippen molar-refractivity contribution in [2.24, 2.45) is 0 Å². The second kappa shape index (κ2) is 6.81. The lowest BCUT2D eigenvalue weighted by Gasteiger charge is -2.06. The van der Waals surface area contributed by atoms with E-state index in [-0.39, 0.29) is 11.6 Å². The summed E-state index contributed by atoms with van der Waals surface area (Å²) in [5, 5.41) is 17.7. The fourth-order valence-electron chi connectivity index (χ4n) is 2.34. The summed E-state index contributed by atoms with van der Waals surface area (Å²) in [5.74, 6) is 0.147. The third-order valence-corrected chi connectivity index (χ3v) is 4.35. The van der Waals surface area contributed by atoms with Gasteiger partial charge in [-0.3, -0.25) is 4.79 Å². The first-order chi connectivity index (χ1) is 12.7. The summed E-state index contributed by atoms with van der Waals surface area (Å²) in [5.41, 5.74) is 2.71. The molecule has 0 aliphatic carbocycles. The number of hydrogen-bond acceptors (Lipinski definition) is 7. The van der Waals surface area contributed by atoms with Gasteiger partial charge >= 0.3 is 0 Å². The molecule has 0 aliphatic rings. The topological polar surface area (TPSA) is 98.5 Å². The molecule has 8 nitrogen and oxygen atoms in total. The van der Waals surface area contributed by atoms with Crippen molar-refractivity contribution in [2.45, 2.75) is 6.92 Å². The zero-order valence-electron chi connectivity index (χ0n) is 13.7. The number of thiazole rings is 1. The summed E-state index contributed by atoms with van der Waals surface area (Å²) in [4.78, 5) is 20.7. The van der Waals surface area contributed by atoms with E-state index in [0.717, 1.165) is 16.3 Å². The maximum Gasteiger partial charge on any atom is 0.276 e. The zero-order chi connectivity index (χ0) is 17.9. The number of benzene rings is 1. The smallest absolute Gasteiger partial charge is 0.276 e. The van der Waals surface area contributed by atoms with Crippen LogP contribution in [0.25, 0.3) is 17.1 Å². The Morgan fingerprint density at radius 1 is 1.19 bits per heavy atom. The largest absolute Gasteiger partial charge is 0.321 e. The van der Waals surface area contributed by atoms with Crippen LogP contribution in [0, 0.1) is 6.92 Å². The van der Waals surface area contributed by atoms with Gasteiger partial charge in [0.15, 0.2) is 11.5 Å². The molecule has 0 saturated carbocycles. The average molecular weight is 363 g/mol. The predicted octanol–water partition coefficient (Wildman–Crippen LogP) is 2.74. The monoisotopic (exact) mass is 363 g/mol. The van der Waals surface area contributed by atoms with Crippen LogP contribution in [0.5, 0.6) is 0 Å². The highest BCUT2D eigenvalue weighted by Crippen LogP contribution is 2.24. The number of nitrogens with zero attached hydrogens (tertiary/aromatic N) is 6. The first-order valence-electron chi connectivity index (χ1n) is 7.72. The number of aromatic nitrogens is 6. The second-order valence-corrected chi connectivity index (χ2v) is 6.47. The molecule has 4 rings (SSSR count). The van der Waals surface area contributed by atoms with E-state index in [1.54, 1.807) is 23.5 Å². The number of carbonyl (C=O) groups excluding carboxylic acids is 1. The quantitative estimate of drug-likeness (QED) is 0.599. The molecule has 1 N–H and O–H groups in total. The number of hydrogen-bond donors (Lipinski definition) is 1. The second-order valence-electron chi connectivity index (χ2n) is 5.40. The lowest BCUT2D eigenvalue weighted by molar-refractivity contribution is 0.102. The lowest BCUT2D eigenvalue weighted by atomic mass is 10.1. The molecule has 1 amide bonds. The number of nitrogens with one attached hydrogen (secondary N) is 1. The van der Waals surface area contributed by atoms with Gasteiger partial charge in [-0.2, -0.15) is 5.10 Å². The molecule has 9 heteroatoms. The molecular formula is C17H13N7OS. The summed E-state index contributed by atoms with van der Waals surface area (Å²) in [7, 11) is 0. The SMILES string of the molecule is Cc1nc(-c2cccc(NC(=O)c3ccc(-n4cncn4)nn3)c2)cs1. The van der Waals surface area contributed by atoms with Crippen molar-refractivity contribution in [1.29, 1.82) is 0 Å². The van der Waals surface area contributed by atoms with Crippen LogP contribution in [0.15, 0.2) is 54.4 Å². The van der Waals surface area contributed by atoms with Crippen molar-refractivity contribution in [3.8, 4) is 17.1 Å². The molecule has 4 aromatic rings. The van der Waals surface area contributed by atoms with Crippen LogP contribution in [0.2, 0.25) is 0 Å². The van der Waals surface area contributed by atoms with Crippen molar-refractivity contribution < 1.29 is 4.79 Å². The van der Waals surface area contributed by atoms with Gasteiger partial charge in [0.05, 0.1) is 10.7 Å². The summed E-state index contributed by atoms with van der Waals surface area (Å²) in [6.45, 7) is 1.96. The van der Waals surface area contributed by atoms with Crippen molar-refractivity contribution in [1.82, 2.24) is 29.9 Å². The Morgan fingerprint density at radius 3 is 2.81 bits per heavy atom. The van der Waals surface area contributed by atoms with Gasteiger partial charge in [0.2, 0.25) is 0 Å². The van der Waals surface area contributed by atoms with Crippen LogP contribution in [-0.2, 0) is 0 Å². The highest BCUT2D eigenvalue weighted by molar-refractivity contribution is 7.09. The Kier molecular flexibility index (Phi) is 4.20. The minimum atomic E-state index is -0.339. The maximum absolute atomic E-state index is 12.4. The number of aryl methyl sites for hydroxylation is 1. The Hall–Kier alpha value is -3.46. The van der Waals surface area contributed by atoms with E-state index in [4.69, 9.17) is 0 Å². The van der Waals surface area contributed by atoms with Crippen molar-refractivity contribution in [2.75, 3.05) is 5.32 Å². The van der Waals surface area contributed by atoms with Crippen LogP contribution < -0.4 is 5.32 Å². The molecule has 1 aromatic carbocycles. The molecule has 0 fully saturated rings. The third-order valence-electron chi connectivity index (χ3n) is 3.57. The number of rotatable bonds is 4. The van der Waals surface area contributed by atoms with Gasteiger partial charge in [0.1, 0.15) is 12.7 Å². The average Bonchev–Trinajstić information content (AvgIpc) is 3.34. The molecule has 0 saturated heterocycles. The number of carbonyl (C=O) groups is 1. The van der Waals surface area contributed by atoms with E-state index in [1.165, 1.54) is 17.3 Å². The molecule has 0 unspecified atom stereocenters. The molecule has 0 radical (unpaired) electrons. The van der Waals surface area contributed by atoms with Gasteiger partial charge in [-0.1, -0.05) is 12.1 Å². The van der Waals surface area contributed by atoms with Gasteiger partial charge in [-0.05, 0) is 31.2 Å². The lowest BCUT2D eigenvalue weighted by Crippen LogP contribution is -2.15. The maximum atomic E-state index is 12.4. The Morgan fingerprint density at radius 2 is 2.12 bits per heavy atom. The standard InChI is InChI=1S/C17H13N7OS/c1-11-20-15(8-26-11)12-3-2-4-13(7-12)21-17(25)14-5-6-16(23-22-14)24-10-18-9-19-24/h2-10H,1H3,(H,21,25).